The second-order valence-corrected chi connectivity index (χ2v) is 25.7. The molecular formula is C92H81N15. The van der Waals surface area contributed by atoms with E-state index in [1.54, 1.807) is 0 Å². The van der Waals surface area contributed by atoms with Crippen LogP contribution in [0.1, 0.15) is 0 Å². The highest BCUT2D eigenvalue weighted by atomic mass is 15.3. The minimum Gasteiger partial charge on any atom is -0.368 e. The molecule has 0 saturated heterocycles. The average Bonchev–Trinajstić information content (AvgIpc) is 0.865. The number of benzene rings is 15. The lowest BCUT2D eigenvalue weighted by molar-refractivity contribution is 0.882. The van der Waals surface area contributed by atoms with Gasteiger partial charge < -0.3 is 79.3 Å². The summed E-state index contributed by atoms with van der Waals surface area (Å²) in [7, 11) is 0. The molecule has 0 aliphatic carbocycles. The van der Waals surface area contributed by atoms with E-state index in [4.69, 9.17) is 0 Å². The minimum atomic E-state index is 0.535. The Labute approximate surface area is 624 Å². The van der Waals surface area contributed by atoms with Crippen molar-refractivity contribution in [2.75, 3.05) is 92.7 Å². The molecule has 15 rings (SSSR count). The highest BCUT2D eigenvalue weighted by Crippen LogP contribution is 2.32. The van der Waals surface area contributed by atoms with Crippen molar-refractivity contribution in [1.29, 1.82) is 0 Å². The second-order valence-electron chi connectivity index (χ2n) is 25.7. The molecule has 15 nitrogen and oxygen atoms in total. The molecule has 0 fully saturated rings. The van der Waals surface area contributed by atoms with Crippen LogP contribution in [0.5, 0.6) is 0 Å². The first-order valence-electron chi connectivity index (χ1n) is 35.7. The molecule has 0 amide bonds. The number of para-hydroxylation sites is 3. The number of hydrogen-bond acceptors (Lipinski definition) is 15. The lowest BCUT2D eigenvalue weighted by atomic mass is 10.2. The lowest BCUT2D eigenvalue weighted by Crippen LogP contribution is -2.34. The van der Waals surface area contributed by atoms with Gasteiger partial charge in [-0.25, -0.2) is 0 Å². The van der Waals surface area contributed by atoms with E-state index in [1.807, 2.05) is 54.6 Å². The van der Waals surface area contributed by atoms with Gasteiger partial charge in [0.15, 0.2) is 0 Å². The fourth-order valence-corrected chi connectivity index (χ4v) is 12.0. The van der Waals surface area contributed by atoms with Crippen molar-refractivity contribution < 1.29 is 0 Å². The second kappa shape index (κ2) is 33.9. The summed E-state index contributed by atoms with van der Waals surface area (Å²) in [5, 5.41) is 49.6. The lowest BCUT2D eigenvalue weighted by Gasteiger charge is -2.27. The summed E-state index contributed by atoms with van der Waals surface area (Å²) in [5.74, 6) is 0. The SMILES string of the molecule is c1ccc(Nc2ccc(Nc3ccc(Nc4ccc(Nc5ccc(NCN(CNc6ccc(Nc7ccc(Nc8ccc(Nc9ccc(Nc%10ccccc%10)cc9)cc8)cc7)cc6)c6ccc(Nc7ccc(Nc8ccc(Nc9ccc(Nc%10ccccc%10)cc9)cc8)cc7)cc6)cc5)cc4)cc3)cc2)cc1. The summed E-state index contributed by atoms with van der Waals surface area (Å²) in [5.41, 5.74) is 27.3. The van der Waals surface area contributed by atoms with E-state index < -0.39 is 0 Å². The third kappa shape index (κ3) is 19.9. The molecule has 14 N–H and O–H groups in total. The van der Waals surface area contributed by atoms with E-state index >= 15 is 0 Å². The van der Waals surface area contributed by atoms with Crippen molar-refractivity contribution in [3.8, 4) is 0 Å². The molecule has 0 atom stereocenters. The Morgan fingerprint density at radius 2 is 0.234 bits per heavy atom. The molecule has 0 aliphatic rings. The van der Waals surface area contributed by atoms with E-state index in [0.29, 0.717) is 13.3 Å². The molecule has 0 aromatic heterocycles. The largest absolute Gasteiger partial charge is 0.368 e. The molecular weight excluding hydrogens is 1320 g/mol. The molecule has 15 aromatic carbocycles. The maximum atomic E-state index is 3.69. The summed E-state index contributed by atoms with van der Waals surface area (Å²) in [6, 6.07) is 131. The molecule has 0 heterocycles. The van der Waals surface area contributed by atoms with Gasteiger partial charge in [-0.3, -0.25) is 0 Å². The zero-order valence-electron chi connectivity index (χ0n) is 58.7. The molecule has 0 saturated carbocycles. The van der Waals surface area contributed by atoms with Gasteiger partial charge in [0.1, 0.15) is 0 Å². The van der Waals surface area contributed by atoms with Crippen molar-refractivity contribution in [2.45, 2.75) is 0 Å². The zero-order chi connectivity index (χ0) is 72.0. The van der Waals surface area contributed by atoms with E-state index in [2.05, 4.69) is 407 Å². The molecule has 0 bridgehead atoms. The van der Waals surface area contributed by atoms with Gasteiger partial charge in [0, 0.05) is 154 Å². The van der Waals surface area contributed by atoms with Crippen LogP contribution in [-0.4, -0.2) is 13.3 Å². The van der Waals surface area contributed by atoms with Gasteiger partial charge in [-0.2, -0.15) is 0 Å². The van der Waals surface area contributed by atoms with Crippen LogP contribution in [0.25, 0.3) is 0 Å². The monoisotopic (exact) mass is 1400 g/mol. The Morgan fingerprint density at radius 3 is 0.374 bits per heavy atom. The molecule has 107 heavy (non-hydrogen) atoms. The maximum Gasteiger partial charge on any atom is 0.0893 e. The maximum absolute atomic E-state index is 3.69. The van der Waals surface area contributed by atoms with Crippen LogP contribution < -0.4 is 79.3 Å². The number of hydrogen-bond donors (Lipinski definition) is 14. The third-order valence-electron chi connectivity index (χ3n) is 17.7. The highest BCUT2D eigenvalue weighted by molar-refractivity contribution is 5.76. The van der Waals surface area contributed by atoms with Gasteiger partial charge in [-0.1, -0.05) is 54.6 Å². The molecule has 0 radical (unpaired) electrons. The van der Waals surface area contributed by atoms with Crippen LogP contribution in [0.2, 0.25) is 0 Å². The first-order valence-corrected chi connectivity index (χ1v) is 35.7. The predicted molar refractivity (Wildman–Crippen MR) is 455 cm³/mol. The molecule has 0 spiro atoms. The summed E-state index contributed by atoms with van der Waals surface area (Å²) in [6.07, 6.45) is 0. The molecule has 15 heteroatoms. The molecule has 15 aromatic rings. The van der Waals surface area contributed by atoms with Gasteiger partial charge >= 0.3 is 0 Å². The van der Waals surface area contributed by atoms with Gasteiger partial charge in [0.25, 0.3) is 0 Å². The van der Waals surface area contributed by atoms with E-state index in [0.717, 1.165) is 154 Å². The van der Waals surface area contributed by atoms with Crippen LogP contribution in [0.4, 0.5) is 154 Å². The van der Waals surface area contributed by atoms with Crippen LogP contribution in [0, 0.1) is 0 Å². The van der Waals surface area contributed by atoms with Crippen molar-refractivity contribution in [3.63, 3.8) is 0 Å². The molecule has 0 unspecified atom stereocenters. The summed E-state index contributed by atoms with van der Waals surface area (Å²) in [4.78, 5) is 2.28. The fraction of sp³-hybridized carbons (Fsp3) is 0.0217. The first kappa shape index (κ1) is 68.1. The van der Waals surface area contributed by atoms with Crippen molar-refractivity contribution in [2.24, 2.45) is 0 Å². The Bertz CT molecular complexity index is 5000. The summed E-state index contributed by atoms with van der Waals surface area (Å²) >= 11 is 0. The van der Waals surface area contributed by atoms with Gasteiger partial charge in [0.05, 0.1) is 13.3 Å². The van der Waals surface area contributed by atoms with E-state index in [-0.39, 0.29) is 0 Å². The van der Waals surface area contributed by atoms with Crippen LogP contribution in [-0.2, 0) is 0 Å². The predicted octanol–water partition coefficient (Wildman–Crippen LogP) is 25.6. The molecule has 524 valence electrons. The van der Waals surface area contributed by atoms with Crippen molar-refractivity contribution in [1.82, 2.24) is 0 Å². The van der Waals surface area contributed by atoms with Crippen molar-refractivity contribution >= 4 is 154 Å². The quantitative estimate of drug-likeness (QED) is 0.0185. The topological polar surface area (TPSA) is 172 Å². The number of nitrogens with one attached hydrogen (secondary N) is 14. The molecule has 0 aliphatic heterocycles. The number of rotatable bonds is 31. The van der Waals surface area contributed by atoms with Gasteiger partial charge in [-0.05, 0) is 328 Å². The van der Waals surface area contributed by atoms with Crippen LogP contribution >= 0.6 is 0 Å². The van der Waals surface area contributed by atoms with Crippen molar-refractivity contribution in [3.05, 3.63) is 382 Å². The highest BCUT2D eigenvalue weighted by Gasteiger charge is 2.11. The fourth-order valence-electron chi connectivity index (χ4n) is 12.0. The van der Waals surface area contributed by atoms with E-state index in [1.165, 1.54) is 0 Å². The Kier molecular flexibility index (Phi) is 21.5. The Balaban J connectivity index is 0.542. The number of nitrogens with zero attached hydrogens (tertiary/aromatic N) is 1. The zero-order valence-corrected chi connectivity index (χ0v) is 58.7. The normalized spacial score (nSPS) is 10.7. The van der Waals surface area contributed by atoms with E-state index in [9.17, 15) is 0 Å². The summed E-state index contributed by atoms with van der Waals surface area (Å²) in [6.45, 7) is 1.07. The average molecular weight is 1400 g/mol. The smallest absolute Gasteiger partial charge is 0.0893 e. The standard InChI is InChI=1S/C92H81N15/c1-4-10-68(11-5-1)95-73-24-30-78(31-25-73)100-83-44-50-86(51-45-83)103-81-40-36-76(37-41-81)98-71-20-16-66(17-21-71)93-64-107(92-62-60-91(61-63-92)106-90-58-56-89(57-59-90)105-88-54-48-85(49-55-88)102-80-34-28-75(29-35-80)97-70-14-8-3-9-15-70)65-94-67-18-22-72(23-19-67)99-77-38-42-82(43-39-77)104-87-52-46-84(47-53-87)101-79-32-26-74(27-33-79)96-69-12-6-2-7-13-69/h1-63,93-106H,64-65H2. The Hall–Kier alpha value is -14.7. The first-order chi connectivity index (χ1) is 52.8. The number of anilines is 27. The summed E-state index contributed by atoms with van der Waals surface area (Å²) < 4.78 is 0. The van der Waals surface area contributed by atoms with Gasteiger partial charge in [0.2, 0.25) is 0 Å². The van der Waals surface area contributed by atoms with Gasteiger partial charge in [-0.15, -0.1) is 0 Å². The van der Waals surface area contributed by atoms with Crippen LogP contribution in [0.3, 0.4) is 0 Å². The minimum absolute atomic E-state index is 0.535. The van der Waals surface area contributed by atoms with Crippen LogP contribution in [0.15, 0.2) is 382 Å². The Morgan fingerprint density at radius 1 is 0.121 bits per heavy atom. The third-order valence-corrected chi connectivity index (χ3v) is 17.7.